The molecule has 0 atom stereocenters. The van der Waals surface area contributed by atoms with Crippen LogP contribution in [0.1, 0.15) is 31.3 Å². The summed E-state index contributed by atoms with van der Waals surface area (Å²) in [5.41, 5.74) is 0.0327. The molecular weight excluding hydrogens is 300 g/mol. The predicted molar refractivity (Wildman–Crippen MR) is 80.8 cm³/mol. The van der Waals surface area contributed by atoms with Crippen LogP contribution in [0.15, 0.2) is 15.4 Å². The van der Waals surface area contributed by atoms with Gasteiger partial charge < -0.3 is 9.73 Å². The molecule has 1 aliphatic heterocycles. The lowest BCUT2D eigenvalue weighted by Gasteiger charge is -2.34. The minimum atomic E-state index is -3.47. The van der Waals surface area contributed by atoms with E-state index in [0.717, 1.165) is 25.9 Å². The Kier molecular flexibility index (Phi) is 5.66. The van der Waals surface area contributed by atoms with Gasteiger partial charge in [-0.25, -0.2) is 13.1 Å². The molecule has 1 aromatic heterocycles. The van der Waals surface area contributed by atoms with Gasteiger partial charge in [0.2, 0.25) is 10.0 Å². The Labute approximate surface area is 127 Å². The van der Waals surface area contributed by atoms with Crippen molar-refractivity contribution in [1.82, 2.24) is 10.0 Å². The van der Waals surface area contributed by atoms with Gasteiger partial charge in [0.1, 0.15) is 16.4 Å². The number of hydrogen-bond acceptors (Lipinski definition) is 4. The molecule has 1 saturated heterocycles. The molecule has 0 saturated carbocycles. The van der Waals surface area contributed by atoms with Crippen molar-refractivity contribution in [1.29, 1.82) is 0 Å². The van der Waals surface area contributed by atoms with Gasteiger partial charge in [-0.2, -0.15) is 0 Å². The maximum Gasteiger partial charge on any atom is 0.244 e. The summed E-state index contributed by atoms with van der Waals surface area (Å²) in [6, 6.07) is 1.57. The highest BCUT2D eigenvalue weighted by Gasteiger charge is 2.29. The van der Waals surface area contributed by atoms with Crippen molar-refractivity contribution in [2.45, 2.75) is 38.5 Å². The first kappa shape index (κ1) is 17.5. The Morgan fingerprint density at radius 2 is 1.95 bits per heavy atom. The molecule has 0 aromatic carbocycles. The summed E-state index contributed by atoms with van der Waals surface area (Å²) in [6.45, 7) is 7.92. The molecule has 0 amide bonds. The van der Waals surface area contributed by atoms with E-state index in [1.807, 2.05) is 0 Å². The van der Waals surface area contributed by atoms with Crippen LogP contribution in [0.4, 0.5) is 0 Å². The number of rotatable bonds is 4. The summed E-state index contributed by atoms with van der Waals surface area (Å²) in [7, 11) is -3.47. The van der Waals surface area contributed by atoms with E-state index in [-0.39, 0.29) is 22.7 Å². The number of hydrogen-bond donors (Lipinski definition) is 2. The lowest BCUT2D eigenvalue weighted by atomic mass is 9.81. The quantitative estimate of drug-likeness (QED) is 0.889. The molecule has 2 heterocycles. The highest BCUT2D eigenvalue weighted by atomic mass is 35.5. The molecule has 0 spiro atoms. The molecule has 7 heteroatoms. The molecule has 0 aliphatic carbocycles. The topological polar surface area (TPSA) is 71.3 Å². The first-order valence-electron chi connectivity index (χ1n) is 6.60. The first-order valence-corrected chi connectivity index (χ1v) is 8.08. The predicted octanol–water partition coefficient (Wildman–Crippen LogP) is 1.99. The van der Waals surface area contributed by atoms with Crippen molar-refractivity contribution in [3.8, 4) is 0 Å². The van der Waals surface area contributed by atoms with Gasteiger partial charge in [0.05, 0.1) is 0 Å². The fourth-order valence-electron chi connectivity index (χ4n) is 2.43. The lowest BCUT2D eigenvalue weighted by molar-refractivity contribution is 0.232. The Morgan fingerprint density at radius 3 is 2.45 bits per heavy atom. The van der Waals surface area contributed by atoms with Gasteiger partial charge in [0.15, 0.2) is 0 Å². The molecule has 2 N–H and O–H groups in total. The van der Waals surface area contributed by atoms with Crippen LogP contribution in [-0.2, 0) is 10.0 Å². The van der Waals surface area contributed by atoms with Crippen LogP contribution in [0.25, 0.3) is 0 Å². The van der Waals surface area contributed by atoms with Gasteiger partial charge >= 0.3 is 0 Å². The molecule has 5 nitrogen and oxygen atoms in total. The van der Waals surface area contributed by atoms with Crippen LogP contribution < -0.4 is 10.0 Å². The van der Waals surface area contributed by atoms with E-state index >= 15 is 0 Å². The largest absolute Gasteiger partial charge is 0.465 e. The maximum atomic E-state index is 12.3. The zero-order valence-electron chi connectivity index (χ0n) is 12.2. The average molecular weight is 323 g/mol. The normalized spacial score (nSPS) is 18.6. The second-order valence-corrected chi connectivity index (χ2v) is 7.40. The summed E-state index contributed by atoms with van der Waals surface area (Å²) in [5.74, 6) is 1.06. The zero-order valence-corrected chi connectivity index (χ0v) is 13.8. The Balaban J connectivity index is 0.00000200. The SMILES string of the molecule is Cc1cc(S(=O)(=O)NCC2(C)CCNCC2)c(C)o1.Cl. The molecule has 1 aromatic rings. The third kappa shape index (κ3) is 3.97. The summed E-state index contributed by atoms with van der Waals surface area (Å²) in [4.78, 5) is 0.252. The van der Waals surface area contributed by atoms with Gasteiger partial charge in [0.25, 0.3) is 0 Å². The van der Waals surface area contributed by atoms with Crippen molar-refractivity contribution >= 4 is 22.4 Å². The second kappa shape index (κ2) is 6.47. The van der Waals surface area contributed by atoms with Crippen molar-refractivity contribution in [3.05, 3.63) is 17.6 Å². The Hall–Kier alpha value is -0.560. The van der Waals surface area contributed by atoms with Gasteiger partial charge in [-0.1, -0.05) is 6.92 Å². The van der Waals surface area contributed by atoms with Gasteiger partial charge in [-0.3, -0.25) is 0 Å². The van der Waals surface area contributed by atoms with Crippen LogP contribution in [-0.4, -0.2) is 28.1 Å². The number of nitrogens with one attached hydrogen (secondary N) is 2. The van der Waals surface area contributed by atoms with Crippen LogP contribution in [0.5, 0.6) is 0 Å². The molecular formula is C13H23ClN2O3S. The summed E-state index contributed by atoms with van der Waals surface area (Å²) in [6.07, 6.45) is 1.97. The molecule has 0 radical (unpaired) electrons. The molecule has 1 aliphatic rings. The third-order valence-electron chi connectivity index (χ3n) is 3.78. The Morgan fingerprint density at radius 1 is 1.35 bits per heavy atom. The highest BCUT2D eigenvalue weighted by Crippen LogP contribution is 2.28. The number of furan rings is 1. The van der Waals surface area contributed by atoms with E-state index in [1.54, 1.807) is 19.9 Å². The van der Waals surface area contributed by atoms with E-state index < -0.39 is 10.0 Å². The molecule has 1 fully saturated rings. The van der Waals surface area contributed by atoms with E-state index in [1.165, 1.54) is 0 Å². The number of sulfonamides is 1. The van der Waals surface area contributed by atoms with Crippen molar-refractivity contribution in [3.63, 3.8) is 0 Å². The van der Waals surface area contributed by atoms with Crippen LogP contribution in [0, 0.1) is 19.3 Å². The minimum Gasteiger partial charge on any atom is -0.465 e. The zero-order chi connectivity index (χ0) is 14.1. The smallest absolute Gasteiger partial charge is 0.244 e. The molecule has 0 bridgehead atoms. The van der Waals surface area contributed by atoms with Crippen LogP contribution in [0.3, 0.4) is 0 Å². The van der Waals surface area contributed by atoms with E-state index in [9.17, 15) is 8.42 Å². The van der Waals surface area contributed by atoms with E-state index in [4.69, 9.17) is 4.42 Å². The third-order valence-corrected chi connectivity index (χ3v) is 5.29. The second-order valence-electron chi connectivity index (χ2n) is 5.66. The fraction of sp³-hybridized carbons (Fsp3) is 0.692. The number of aryl methyl sites for hydroxylation is 2. The number of halogens is 1. The van der Waals surface area contributed by atoms with E-state index in [2.05, 4.69) is 17.0 Å². The fourth-order valence-corrected chi connectivity index (χ4v) is 3.86. The van der Waals surface area contributed by atoms with E-state index in [0.29, 0.717) is 18.1 Å². The van der Waals surface area contributed by atoms with Crippen LogP contribution in [0.2, 0.25) is 0 Å². The van der Waals surface area contributed by atoms with Gasteiger partial charge in [-0.05, 0) is 51.3 Å². The van der Waals surface area contributed by atoms with Crippen LogP contribution >= 0.6 is 12.4 Å². The minimum absolute atomic E-state index is 0. The van der Waals surface area contributed by atoms with Crippen molar-refractivity contribution in [2.24, 2.45) is 5.41 Å². The van der Waals surface area contributed by atoms with Crippen molar-refractivity contribution in [2.75, 3.05) is 19.6 Å². The molecule has 2 rings (SSSR count). The molecule has 0 unspecified atom stereocenters. The van der Waals surface area contributed by atoms with Crippen molar-refractivity contribution < 1.29 is 12.8 Å². The average Bonchev–Trinajstić information content (AvgIpc) is 2.68. The highest BCUT2D eigenvalue weighted by molar-refractivity contribution is 7.89. The van der Waals surface area contributed by atoms with Gasteiger partial charge in [0, 0.05) is 6.54 Å². The monoisotopic (exact) mass is 322 g/mol. The lowest BCUT2D eigenvalue weighted by Crippen LogP contribution is -2.42. The summed E-state index contributed by atoms with van der Waals surface area (Å²) in [5, 5.41) is 3.29. The standard InChI is InChI=1S/C13H22N2O3S.ClH/c1-10-8-12(11(2)18-10)19(16,17)15-9-13(3)4-6-14-7-5-13;/h8,14-15H,4-7,9H2,1-3H3;1H. The number of piperidine rings is 1. The Bertz CT molecular complexity index is 548. The summed E-state index contributed by atoms with van der Waals surface area (Å²) < 4.78 is 32.5. The molecule has 20 heavy (non-hydrogen) atoms. The molecule has 116 valence electrons. The first-order chi connectivity index (χ1) is 8.82. The summed E-state index contributed by atoms with van der Waals surface area (Å²) >= 11 is 0. The maximum absolute atomic E-state index is 12.3. The van der Waals surface area contributed by atoms with Gasteiger partial charge in [-0.15, -0.1) is 12.4 Å².